The maximum absolute atomic E-state index is 4.62. The Labute approximate surface area is 75.3 Å². The second-order valence-electron chi connectivity index (χ2n) is 1.78. The number of methoxy groups -OCH3 is 1. The van der Waals surface area contributed by atoms with Crippen LogP contribution < -0.4 is 18.9 Å². The Morgan fingerprint density at radius 2 is 2.30 bits per heavy atom. The van der Waals surface area contributed by atoms with Crippen LogP contribution in [-0.4, -0.2) is 7.11 Å². The van der Waals surface area contributed by atoms with Crippen LogP contribution in [0.2, 0.25) is 0 Å². The van der Waals surface area contributed by atoms with Crippen LogP contribution in [0.1, 0.15) is 26.2 Å². The fraction of sp³-hybridized carbons (Fsp3) is 0.625. The van der Waals surface area contributed by atoms with Crippen LogP contribution in [0, 0.1) is 6.08 Å². The molecule has 0 unspecified atom stereocenters. The van der Waals surface area contributed by atoms with E-state index in [4.69, 9.17) is 0 Å². The summed E-state index contributed by atoms with van der Waals surface area (Å²) in [6, 6.07) is 0. The first kappa shape index (κ1) is 12.6. The van der Waals surface area contributed by atoms with Gasteiger partial charge < -0.3 is 4.74 Å². The number of unbranched alkanes of at least 4 members (excludes halogenated alkanes) is 2. The molecule has 0 heterocycles. The quantitative estimate of drug-likeness (QED) is 0.161. The molecule has 0 amide bonds. The molecule has 1 nitrogen and oxygen atoms in total. The molecule has 0 aliphatic heterocycles. The van der Waals surface area contributed by atoms with Crippen molar-refractivity contribution in [1.29, 1.82) is 0 Å². The van der Waals surface area contributed by atoms with Gasteiger partial charge in [0.15, 0.2) is 0 Å². The Bertz CT molecular complexity index is 104. The van der Waals surface area contributed by atoms with Gasteiger partial charge in [0, 0.05) is 0 Å². The van der Waals surface area contributed by atoms with Crippen molar-refractivity contribution in [3.8, 4) is 0 Å². The molecule has 2 heteroatoms. The average Bonchev–Trinajstić information content (AvgIpc) is 1.89. The maximum Gasteiger partial charge on any atom is 1.00 e. The zero-order chi connectivity index (χ0) is 6.95. The molecular formula is C8H13LiO. The van der Waals surface area contributed by atoms with Crippen LogP contribution in [0.25, 0.3) is 0 Å². The molecule has 0 saturated carbocycles. The van der Waals surface area contributed by atoms with Gasteiger partial charge in [0.05, 0.1) is 7.11 Å². The molecule has 0 aromatic rings. The molecule has 0 aromatic carbocycles. The largest absolute Gasteiger partial charge is 1.00 e. The molecule has 0 spiro atoms. The average molecular weight is 132 g/mol. The summed E-state index contributed by atoms with van der Waals surface area (Å²) in [6.07, 6.45) is 7.84. The molecule has 0 rings (SSSR count). The van der Waals surface area contributed by atoms with Crippen LogP contribution in [0.4, 0.5) is 0 Å². The van der Waals surface area contributed by atoms with Gasteiger partial charge in [0.25, 0.3) is 0 Å². The van der Waals surface area contributed by atoms with Crippen molar-refractivity contribution < 1.29 is 23.6 Å². The van der Waals surface area contributed by atoms with E-state index in [1.807, 2.05) is 0 Å². The van der Waals surface area contributed by atoms with Gasteiger partial charge in [-0.3, -0.25) is 5.73 Å². The van der Waals surface area contributed by atoms with Crippen LogP contribution in [0.3, 0.4) is 0 Å². The fourth-order valence-electron chi connectivity index (χ4n) is 0.438. The van der Waals surface area contributed by atoms with Crippen LogP contribution in [0.15, 0.2) is 12.0 Å². The van der Waals surface area contributed by atoms with E-state index in [2.05, 4.69) is 23.5 Å². The molecule has 10 heavy (non-hydrogen) atoms. The Balaban J connectivity index is 0. The molecule has 0 bridgehead atoms. The van der Waals surface area contributed by atoms with Crippen molar-refractivity contribution in [2.24, 2.45) is 0 Å². The smallest absolute Gasteiger partial charge is 0.581 e. The number of rotatable bonds is 4. The summed E-state index contributed by atoms with van der Waals surface area (Å²) < 4.78 is 4.62. The Morgan fingerprint density at radius 1 is 1.60 bits per heavy atom. The topological polar surface area (TPSA) is 9.23 Å². The number of hydrogen-bond acceptors (Lipinski definition) is 1. The number of ether oxygens (including phenoxy) is 1. The molecule has 0 aliphatic carbocycles. The standard InChI is InChI=1S/C8H13O.Li/c1-3-4-5-6-7-8-9-2;/h8H,3-5H2,1-2H3;/q-1;+1. The molecule has 52 valence electrons. The third-order valence-corrected chi connectivity index (χ3v) is 0.934. The number of allylic oxidation sites excluding steroid dienone is 1. The minimum atomic E-state index is 0. The third-order valence-electron chi connectivity index (χ3n) is 0.934. The van der Waals surface area contributed by atoms with E-state index in [1.54, 1.807) is 7.11 Å². The normalized spacial score (nSPS) is 7.00. The molecule has 0 N–H and O–H groups in total. The van der Waals surface area contributed by atoms with Crippen molar-refractivity contribution >= 4 is 0 Å². The van der Waals surface area contributed by atoms with Gasteiger partial charge in [-0.2, -0.15) is 0 Å². The molecular weight excluding hydrogens is 119 g/mol. The first-order valence-corrected chi connectivity index (χ1v) is 3.24. The molecule has 0 saturated heterocycles. The van der Waals surface area contributed by atoms with Crippen molar-refractivity contribution in [2.45, 2.75) is 26.2 Å². The van der Waals surface area contributed by atoms with Crippen molar-refractivity contribution in [3.63, 3.8) is 0 Å². The molecule has 0 atom stereocenters. The van der Waals surface area contributed by atoms with Gasteiger partial charge in [-0.15, -0.1) is 6.42 Å². The summed E-state index contributed by atoms with van der Waals surface area (Å²) in [5.74, 6) is 0. The van der Waals surface area contributed by atoms with E-state index in [0.29, 0.717) is 0 Å². The zero-order valence-electron chi connectivity index (χ0n) is 7.11. The molecule has 0 aromatic heterocycles. The minimum absolute atomic E-state index is 0. The zero-order valence-corrected chi connectivity index (χ0v) is 7.11. The van der Waals surface area contributed by atoms with E-state index in [9.17, 15) is 0 Å². The Kier molecular flexibility index (Phi) is 14.7. The van der Waals surface area contributed by atoms with E-state index < -0.39 is 0 Å². The van der Waals surface area contributed by atoms with Crippen LogP contribution in [-0.2, 0) is 4.74 Å². The summed E-state index contributed by atoms with van der Waals surface area (Å²) in [7, 11) is 1.61. The van der Waals surface area contributed by atoms with E-state index >= 15 is 0 Å². The van der Waals surface area contributed by atoms with E-state index in [-0.39, 0.29) is 18.9 Å². The predicted octanol–water partition coefficient (Wildman–Crippen LogP) is -0.701. The number of hydrogen-bond donors (Lipinski definition) is 0. The summed E-state index contributed by atoms with van der Waals surface area (Å²) in [6.45, 7) is 2.15. The third kappa shape index (κ3) is 10.8. The summed E-state index contributed by atoms with van der Waals surface area (Å²) >= 11 is 0. The minimum Gasteiger partial charge on any atom is -0.581 e. The summed E-state index contributed by atoms with van der Waals surface area (Å²) in [5, 5.41) is 0. The van der Waals surface area contributed by atoms with Gasteiger partial charge in [-0.1, -0.05) is 19.8 Å². The van der Waals surface area contributed by atoms with Crippen molar-refractivity contribution in [3.05, 3.63) is 18.1 Å². The molecule has 0 aliphatic rings. The predicted molar refractivity (Wildman–Crippen MR) is 37.9 cm³/mol. The Morgan fingerprint density at radius 3 is 2.80 bits per heavy atom. The second-order valence-corrected chi connectivity index (χ2v) is 1.78. The fourth-order valence-corrected chi connectivity index (χ4v) is 0.438. The summed E-state index contributed by atoms with van der Waals surface area (Å²) in [5.41, 5.74) is 2.77. The maximum atomic E-state index is 4.62. The molecule has 0 radical (unpaired) electrons. The van der Waals surface area contributed by atoms with Gasteiger partial charge >= 0.3 is 18.9 Å². The monoisotopic (exact) mass is 132 g/mol. The van der Waals surface area contributed by atoms with Gasteiger partial charge in [-0.05, 0) is 6.26 Å². The van der Waals surface area contributed by atoms with Gasteiger partial charge in [-0.25, -0.2) is 6.08 Å². The van der Waals surface area contributed by atoms with Crippen LogP contribution in [0.5, 0.6) is 0 Å². The first-order chi connectivity index (χ1) is 4.41. The Hall–Kier alpha value is -0.0826. The van der Waals surface area contributed by atoms with Gasteiger partial charge in [0.2, 0.25) is 0 Å². The SMILES string of the molecule is CCCC[C-]=C=COC.[Li+]. The second kappa shape index (κ2) is 11.7. The van der Waals surface area contributed by atoms with Crippen molar-refractivity contribution in [2.75, 3.05) is 7.11 Å². The van der Waals surface area contributed by atoms with Crippen molar-refractivity contribution in [1.82, 2.24) is 0 Å². The van der Waals surface area contributed by atoms with Crippen LogP contribution >= 0.6 is 0 Å². The first-order valence-electron chi connectivity index (χ1n) is 3.24. The molecule has 0 fully saturated rings. The van der Waals surface area contributed by atoms with E-state index in [1.165, 1.54) is 19.1 Å². The van der Waals surface area contributed by atoms with E-state index in [0.717, 1.165) is 6.42 Å². The summed E-state index contributed by atoms with van der Waals surface area (Å²) in [4.78, 5) is 0. The van der Waals surface area contributed by atoms with Gasteiger partial charge in [0.1, 0.15) is 0 Å².